The molecular formula is C29H32N6O3S2. The van der Waals surface area contributed by atoms with E-state index in [4.69, 9.17) is 4.74 Å². The summed E-state index contributed by atoms with van der Waals surface area (Å²) in [5, 5.41) is 28.6. The molecule has 4 N–H and O–H groups in total. The van der Waals surface area contributed by atoms with E-state index in [0.29, 0.717) is 29.2 Å². The van der Waals surface area contributed by atoms with Gasteiger partial charge in [0.15, 0.2) is 17.0 Å². The van der Waals surface area contributed by atoms with Gasteiger partial charge < -0.3 is 25.8 Å². The number of carbonyl (C=O) groups is 1. The Bertz CT molecular complexity index is 1440. The van der Waals surface area contributed by atoms with Crippen molar-refractivity contribution in [2.75, 3.05) is 23.9 Å². The predicted molar refractivity (Wildman–Crippen MR) is 163 cm³/mol. The van der Waals surface area contributed by atoms with Gasteiger partial charge in [-0.25, -0.2) is 0 Å². The SMILES string of the molecule is CCCNC(=O)/C=C(\O)Cc1ccc(OCNc2cccc(-n3c(S)nnc3S)c2)cc1NCc1ccccc1. The van der Waals surface area contributed by atoms with Crippen LogP contribution in [-0.2, 0) is 17.8 Å². The van der Waals surface area contributed by atoms with Gasteiger partial charge in [0.05, 0.1) is 5.69 Å². The molecule has 0 bridgehead atoms. The van der Waals surface area contributed by atoms with E-state index in [0.717, 1.165) is 34.6 Å². The Kier molecular flexibility index (Phi) is 10.4. The van der Waals surface area contributed by atoms with Gasteiger partial charge in [-0.15, -0.1) is 35.5 Å². The van der Waals surface area contributed by atoms with Crippen LogP contribution in [0.5, 0.6) is 5.75 Å². The number of carbonyl (C=O) groups excluding carboxylic acids is 1. The number of nitrogens with zero attached hydrogens (tertiary/aromatic N) is 3. The van der Waals surface area contributed by atoms with E-state index in [1.807, 2.05) is 79.7 Å². The molecule has 0 fully saturated rings. The average Bonchev–Trinajstić information content (AvgIpc) is 3.30. The molecule has 0 saturated heterocycles. The summed E-state index contributed by atoms with van der Waals surface area (Å²) in [5.74, 6) is 0.309. The zero-order valence-electron chi connectivity index (χ0n) is 22.0. The van der Waals surface area contributed by atoms with Gasteiger partial charge >= 0.3 is 0 Å². The van der Waals surface area contributed by atoms with Crippen LogP contribution < -0.4 is 20.7 Å². The van der Waals surface area contributed by atoms with E-state index in [1.165, 1.54) is 6.08 Å². The molecule has 40 heavy (non-hydrogen) atoms. The van der Waals surface area contributed by atoms with Gasteiger partial charge in [0, 0.05) is 43.0 Å². The van der Waals surface area contributed by atoms with Crippen LogP contribution in [-0.4, -0.2) is 39.1 Å². The minimum absolute atomic E-state index is 0.0200. The number of hydrogen-bond acceptors (Lipinski definition) is 9. The number of benzene rings is 3. The molecule has 1 amide bonds. The summed E-state index contributed by atoms with van der Waals surface area (Å²) in [5.41, 5.74) is 4.40. The first-order valence-corrected chi connectivity index (χ1v) is 13.7. The quantitative estimate of drug-likeness (QED) is 0.0546. The van der Waals surface area contributed by atoms with Crippen LogP contribution in [0.25, 0.3) is 5.69 Å². The lowest BCUT2D eigenvalue weighted by molar-refractivity contribution is -0.116. The summed E-state index contributed by atoms with van der Waals surface area (Å²) in [7, 11) is 0. The van der Waals surface area contributed by atoms with E-state index in [-0.39, 0.29) is 24.8 Å². The number of nitrogens with one attached hydrogen (secondary N) is 3. The number of ether oxygens (including phenoxy) is 1. The van der Waals surface area contributed by atoms with E-state index in [1.54, 1.807) is 4.57 Å². The maximum atomic E-state index is 12.0. The Morgan fingerprint density at radius 1 is 1.00 bits per heavy atom. The lowest BCUT2D eigenvalue weighted by atomic mass is 10.1. The highest BCUT2D eigenvalue weighted by Crippen LogP contribution is 2.26. The third-order valence-corrected chi connectivity index (χ3v) is 6.45. The Labute approximate surface area is 244 Å². The highest BCUT2D eigenvalue weighted by atomic mass is 32.1. The fourth-order valence-electron chi connectivity index (χ4n) is 3.91. The van der Waals surface area contributed by atoms with E-state index in [2.05, 4.69) is 51.4 Å². The van der Waals surface area contributed by atoms with Crippen molar-refractivity contribution in [3.05, 3.63) is 95.8 Å². The van der Waals surface area contributed by atoms with Crippen molar-refractivity contribution in [3.63, 3.8) is 0 Å². The van der Waals surface area contributed by atoms with Gasteiger partial charge in [0.2, 0.25) is 5.91 Å². The lowest BCUT2D eigenvalue weighted by Gasteiger charge is -2.16. The van der Waals surface area contributed by atoms with Crippen LogP contribution in [0.2, 0.25) is 0 Å². The molecule has 208 valence electrons. The first kappa shape index (κ1) is 28.9. The molecule has 3 aromatic carbocycles. The van der Waals surface area contributed by atoms with Crippen LogP contribution in [0.15, 0.2) is 94.9 Å². The summed E-state index contributed by atoms with van der Waals surface area (Å²) < 4.78 is 7.72. The molecule has 1 heterocycles. The van der Waals surface area contributed by atoms with Crippen LogP contribution in [0, 0.1) is 0 Å². The van der Waals surface area contributed by atoms with Crippen LogP contribution in [0.4, 0.5) is 11.4 Å². The van der Waals surface area contributed by atoms with Crippen molar-refractivity contribution in [1.82, 2.24) is 20.1 Å². The predicted octanol–water partition coefficient (Wildman–Crippen LogP) is 5.42. The van der Waals surface area contributed by atoms with E-state index < -0.39 is 0 Å². The average molecular weight is 577 g/mol. The number of thiol groups is 2. The standard InChI is InChI=1S/C29H32N6O3S2/c1-2-13-30-27(37)16-24(36)14-21-11-12-25(17-26(21)31-18-20-7-4-3-5-8-20)38-19-32-22-9-6-10-23(15-22)35-28(39)33-34-29(35)40/h3-12,15-17,31-32,36H,2,13-14,18-19H2,1H3,(H,30,37)(H,33,39)(H,34,40)/b24-16-. The number of amides is 1. The van der Waals surface area contributed by atoms with Crippen LogP contribution in [0.3, 0.4) is 0 Å². The molecule has 11 heteroatoms. The Hall–Kier alpha value is -4.09. The summed E-state index contributed by atoms with van der Waals surface area (Å²) in [6, 6.07) is 23.3. The molecule has 0 spiro atoms. The highest BCUT2D eigenvalue weighted by molar-refractivity contribution is 7.80. The highest BCUT2D eigenvalue weighted by Gasteiger charge is 2.11. The zero-order chi connectivity index (χ0) is 28.3. The number of hydrogen-bond donors (Lipinski definition) is 6. The maximum absolute atomic E-state index is 12.0. The fraction of sp³-hybridized carbons (Fsp3) is 0.207. The molecule has 0 atom stereocenters. The van der Waals surface area contributed by atoms with Crippen molar-refractivity contribution >= 4 is 42.5 Å². The third kappa shape index (κ3) is 8.20. The molecular weight excluding hydrogens is 544 g/mol. The largest absolute Gasteiger partial charge is 0.512 e. The summed E-state index contributed by atoms with van der Waals surface area (Å²) in [6.45, 7) is 3.34. The minimum Gasteiger partial charge on any atom is -0.512 e. The van der Waals surface area contributed by atoms with Crippen LogP contribution in [0.1, 0.15) is 24.5 Å². The molecule has 0 aliphatic heterocycles. The molecule has 0 unspecified atom stereocenters. The molecule has 0 aliphatic rings. The summed E-state index contributed by atoms with van der Waals surface area (Å²) in [4.78, 5) is 12.0. The lowest BCUT2D eigenvalue weighted by Crippen LogP contribution is -2.22. The van der Waals surface area contributed by atoms with Gasteiger partial charge in [-0.1, -0.05) is 49.4 Å². The molecule has 9 nitrogen and oxygen atoms in total. The maximum Gasteiger partial charge on any atom is 0.247 e. The summed E-state index contributed by atoms with van der Waals surface area (Å²) >= 11 is 8.68. The first-order chi connectivity index (χ1) is 19.4. The van der Waals surface area contributed by atoms with Gasteiger partial charge in [0.25, 0.3) is 0 Å². The molecule has 4 aromatic rings. The van der Waals surface area contributed by atoms with Gasteiger partial charge in [-0.3, -0.25) is 9.36 Å². The van der Waals surface area contributed by atoms with Gasteiger partial charge in [0.1, 0.15) is 11.5 Å². The number of rotatable bonds is 13. The fourth-order valence-corrected chi connectivity index (χ4v) is 4.50. The first-order valence-electron chi connectivity index (χ1n) is 12.8. The van der Waals surface area contributed by atoms with Crippen LogP contribution >= 0.6 is 25.3 Å². The van der Waals surface area contributed by atoms with Crippen molar-refractivity contribution in [2.45, 2.75) is 36.6 Å². The Morgan fingerprint density at radius 3 is 2.52 bits per heavy atom. The second-order valence-electron chi connectivity index (χ2n) is 8.91. The number of anilines is 2. The Balaban J connectivity index is 1.45. The third-order valence-electron chi connectivity index (χ3n) is 5.87. The number of aliphatic hydroxyl groups excluding tert-OH is 1. The topological polar surface area (TPSA) is 113 Å². The molecule has 4 rings (SSSR count). The molecule has 0 radical (unpaired) electrons. The molecule has 0 saturated carbocycles. The Morgan fingerprint density at radius 2 is 1.77 bits per heavy atom. The second kappa shape index (κ2) is 14.3. The van der Waals surface area contributed by atoms with Crippen molar-refractivity contribution in [2.24, 2.45) is 0 Å². The van der Waals surface area contributed by atoms with Gasteiger partial charge in [-0.05, 0) is 41.8 Å². The van der Waals surface area contributed by atoms with Crippen molar-refractivity contribution in [3.8, 4) is 11.4 Å². The normalized spacial score (nSPS) is 11.2. The summed E-state index contributed by atoms with van der Waals surface area (Å²) in [6.07, 6.45) is 2.25. The number of aromatic nitrogens is 3. The monoisotopic (exact) mass is 576 g/mol. The van der Waals surface area contributed by atoms with Crippen molar-refractivity contribution < 1.29 is 14.6 Å². The van der Waals surface area contributed by atoms with E-state index in [9.17, 15) is 9.90 Å². The number of aliphatic hydroxyl groups is 1. The number of allylic oxidation sites excluding steroid dienone is 1. The molecule has 1 aromatic heterocycles. The zero-order valence-corrected chi connectivity index (χ0v) is 23.8. The van der Waals surface area contributed by atoms with E-state index >= 15 is 0 Å². The van der Waals surface area contributed by atoms with Crippen molar-refractivity contribution in [1.29, 1.82) is 0 Å². The van der Waals surface area contributed by atoms with Gasteiger partial charge in [-0.2, -0.15) is 0 Å². The smallest absolute Gasteiger partial charge is 0.247 e. The molecule has 0 aliphatic carbocycles. The second-order valence-corrected chi connectivity index (χ2v) is 9.71. The minimum atomic E-state index is -0.311.